The first-order valence-corrected chi connectivity index (χ1v) is 6.01. The number of nitrogens with one attached hydrogen (secondary N) is 1. The lowest BCUT2D eigenvalue weighted by Gasteiger charge is -2.00. The molecule has 1 nitrogen and oxygen atoms in total. The maximum Gasteiger partial charge on any atom is 0.0931 e. The zero-order chi connectivity index (χ0) is 9.10. The molecule has 0 atom stereocenters. The van der Waals surface area contributed by atoms with Gasteiger partial charge in [0.2, 0.25) is 0 Å². The Balaban J connectivity index is 1.61. The Morgan fingerprint density at radius 3 is 2.92 bits per heavy atom. The highest BCUT2D eigenvalue weighted by molar-refractivity contribution is 7.16. The molecule has 2 rings (SSSR count). The van der Waals surface area contributed by atoms with Gasteiger partial charge in [0.15, 0.2) is 0 Å². The van der Waals surface area contributed by atoms with Crippen molar-refractivity contribution in [2.45, 2.75) is 31.7 Å². The zero-order valence-electron chi connectivity index (χ0n) is 7.55. The largest absolute Gasteiger partial charge is 0.314 e. The SMILES string of the molecule is Clc1ccc(CCCNC2CC2)s1. The molecule has 0 bridgehead atoms. The summed E-state index contributed by atoms with van der Waals surface area (Å²) in [5.74, 6) is 0. The molecule has 3 heteroatoms. The molecular formula is C10H14ClNS. The highest BCUT2D eigenvalue weighted by Gasteiger charge is 2.19. The van der Waals surface area contributed by atoms with E-state index in [-0.39, 0.29) is 0 Å². The van der Waals surface area contributed by atoms with Gasteiger partial charge >= 0.3 is 0 Å². The lowest BCUT2D eigenvalue weighted by Crippen LogP contribution is -2.17. The van der Waals surface area contributed by atoms with Gasteiger partial charge in [-0.05, 0) is 44.4 Å². The fraction of sp³-hybridized carbons (Fsp3) is 0.600. The van der Waals surface area contributed by atoms with E-state index in [4.69, 9.17) is 11.6 Å². The highest BCUT2D eigenvalue weighted by atomic mass is 35.5. The van der Waals surface area contributed by atoms with Gasteiger partial charge in [-0.15, -0.1) is 11.3 Å². The fourth-order valence-corrected chi connectivity index (χ4v) is 2.47. The molecule has 0 radical (unpaired) electrons. The minimum Gasteiger partial charge on any atom is -0.314 e. The molecule has 1 N–H and O–H groups in total. The van der Waals surface area contributed by atoms with E-state index in [2.05, 4.69) is 11.4 Å². The second kappa shape index (κ2) is 4.45. The molecule has 0 aromatic carbocycles. The van der Waals surface area contributed by atoms with Crippen LogP contribution < -0.4 is 5.32 Å². The summed E-state index contributed by atoms with van der Waals surface area (Å²) in [4.78, 5) is 1.41. The molecule has 1 aliphatic carbocycles. The van der Waals surface area contributed by atoms with Crippen molar-refractivity contribution in [1.82, 2.24) is 5.32 Å². The first kappa shape index (κ1) is 9.50. The fourth-order valence-electron chi connectivity index (χ4n) is 1.34. The summed E-state index contributed by atoms with van der Waals surface area (Å²) in [6.07, 6.45) is 5.15. The topological polar surface area (TPSA) is 12.0 Å². The summed E-state index contributed by atoms with van der Waals surface area (Å²) in [6.45, 7) is 1.15. The van der Waals surface area contributed by atoms with Gasteiger partial charge in [-0.1, -0.05) is 11.6 Å². The van der Waals surface area contributed by atoms with E-state index in [0.29, 0.717) is 0 Å². The van der Waals surface area contributed by atoms with Gasteiger partial charge in [0.1, 0.15) is 0 Å². The van der Waals surface area contributed by atoms with Crippen LogP contribution in [-0.4, -0.2) is 12.6 Å². The number of rotatable bonds is 5. The van der Waals surface area contributed by atoms with Crippen LogP contribution >= 0.6 is 22.9 Å². The van der Waals surface area contributed by atoms with Gasteiger partial charge in [0, 0.05) is 10.9 Å². The van der Waals surface area contributed by atoms with Crippen LogP contribution in [0, 0.1) is 0 Å². The second-order valence-electron chi connectivity index (χ2n) is 3.54. The van der Waals surface area contributed by atoms with Crippen molar-refractivity contribution < 1.29 is 0 Å². The highest BCUT2D eigenvalue weighted by Crippen LogP contribution is 2.22. The van der Waals surface area contributed by atoms with E-state index >= 15 is 0 Å². The number of halogens is 1. The Hall–Kier alpha value is -0.0500. The van der Waals surface area contributed by atoms with Crippen molar-refractivity contribution >= 4 is 22.9 Å². The first-order chi connectivity index (χ1) is 6.34. The maximum atomic E-state index is 5.84. The summed E-state index contributed by atoms with van der Waals surface area (Å²) in [7, 11) is 0. The summed E-state index contributed by atoms with van der Waals surface area (Å²) < 4.78 is 0.908. The first-order valence-electron chi connectivity index (χ1n) is 4.82. The lowest BCUT2D eigenvalue weighted by atomic mass is 10.2. The zero-order valence-corrected chi connectivity index (χ0v) is 9.13. The van der Waals surface area contributed by atoms with E-state index in [1.165, 1.54) is 24.1 Å². The van der Waals surface area contributed by atoms with Gasteiger partial charge in [-0.2, -0.15) is 0 Å². The molecule has 0 amide bonds. The minimum atomic E-state index is 0.840. The molecule has 1 aromatic heterocycles. The third-order valence-electron chi connectivity index (χ3n) is 2.24. The van der Waals surface area contributed by atoms with Crippen molar-refractivity contribution in [2.24, 2.45) is 0 Å². The summed E-state index contributed by atoms with van der Waals surface area (Å²) in [6, 6.07) is 4.95. The Morgan fingerprint density at radius 2 is 2.31 bits per heavy atom. The third kappa shape index (κ3) is 3.29. The van der Waals surface area contributed by atoms with E-state index in [0.717, 1.165) is 23.3 Å². The second-order valence-corrected chi connectivity index (χ2v) is 5.34. The Bertz CT molecular complexity index is 268. The predicted molar refractivity (Wildman–Crippen MR) is 58.7 cm³/mol. The molecular weight excluding hydrogens is 202 g/mol. The molecule has 13 heavy (non-hydrogen) atoms. The smallest absolute Gasteiger partial charge is 0.0931 e. The van der Waals surface area contributed by atoms with Gasteiger partial charge in [0.05, 0.1) is 4.34 Å². The number of thiophene rings is 1. The molecule has 1 aromatic rings. The van der Waals surface area contributed by atoms with Crippen LogP contribution in [0.25, 0.3) is 0 Å². The molecule has 72 valence electrons. The number of aryl methyl sites for hydroxylation is 1. The molecule has 0 unspecified atom stereocenters. The standard InChI is InChI=1S/C10H14ClNS/c11-10-6-5-9(13-10)2-1-7-12-8-3-4-8/h5-6,8,12H,1-4,7H2. The quantitative estimate of drug-likeness (QED) is 0.745. The van der Waals surface area contributed by atoms with E-state index < -0.39 is 0 Å². The van der Waals surface area contributed by atoms with E-state index in [1.807, 2.05) is 6.07 Å². The molecule has 0 saturated heterocycles. The van der Waals surface area contributed by atoms with Crippen molar-refractivity contribution in [2.75, 3.05) is 6.54 Å². The van der Waals surface area contributed by atoms with Crippen molar-refractivity contribution in [3.63, 3.8) is 0 Å². The Kier molecular flexibility index (Phi) is 3.25. The van der Waals surface area contributed by atoms with Gasteiger partial charge in [0.25, 0.3) is 0 Å². The van der Waals surface area contributed by atoms with Crippen LogP contribution in [0.5, 0.6) is 0 Å². The Labute approximate surface area is 88.1 Å². The van der Waals surface area contributed by atoms with Crippen molar-refractivity contribution in [3.05, 3.63) is 21.3 Å². The Morgan fingerprint density at radius 1 is 1.46 bits per heavy atom. The normalized spacial score (nSPS) is 16.4. The van der Waals surface area contributed by atoms with Gasteiger partial charge < -0.3 is 5.32 Å². The molecule has 1 saturated carbocycles. The van der Waals surface area contributed by atoms with Gasteiger partial charge in [-0.3, -0.25) is 0 Å². The van der Waals surface area contributed by atoms with Crippen LogP contribution in [0.3, 0.4) is 0 Å². The molecule has 1 fully saturated rings. The van der Waals surface area contributed by atoms with Gasteiger partial charge in [-0.25, -0.2) is 0 Å². The van der Waals surface area contributed by atoms with Crippen molar-refractivity contribution in [1.29, 1.82) is 0 Å². The molecule has 1 heterocycles. The predicted octanol–water partition coefficient (Wildman–Crippen LogP) is 3.09. The van der Waals surface area contributed by atoms with Crippen LogP contribution in [0.2, 0.25) is 4.34 Å². The lowest BCUT2D eigenvalue weighted by molar-refractivity contribution is 0.648. The minimum absolute atomic E-state index is 0.840. The van der Waals surface area contributed by atoms with Crippen molar-refractivity contribution in [3.8, 4) is 0 Å². The average Bonchev–Trinajstić information content (AvgIpc) is 2.84. The summed E-state index contributed by atoms with van der Waals surface area (Å²) in [5.41, 5.74) is 0. The maximum absolute atomic E-state index is 5.84. The van der Waals surface area contributed by atoms with E-state index in [1.54, 1.807) is 11.3 Å². The van der Waals surface area contributed by atoms with Crippen LogP contribution in [0.15, 0.2) is 12.1 Å². The summed E-state index contributed by atoms with van der Waals surface area (Å²) >= 11 is 7.54. The molecule has 0 aliphatic heterocycles. The third-order valence-corrected chi connectivity index (χ3v) is 3.53. The van der Waals surface area contributed by atoms with E-state index in [9.17, 15) is 0 Å². The van der Waals surface area contributed by atoms with Crippen LogP contribution in [0.1, 0.15) is 24.1 Å². The average molecular weight is 216 g/mol. The molecule has 0 spiro atoms. The van der Waals surface area contributed by atoms with Crippen LogP contribution in [-0.2, 0) is 6.42 Å². The number of hydrogen-bond donors (Lipinski definition) is 1. The summed E-state index contributed by atoms with van der Waals surface area (Å²) in [5, 5.41) is 3.51. The number of hydrogen-bond acceptors (Lipinski definition) is 2. The monoisotopic (exact) mass is 215 g/mol. The molecule has 1 aliphatic rings. The van der Waals surface area contributed by atoms with Crippen LogP contribution in [0.4, 0.5) is 0 Å².